The van der Waals surface area contributed by atoms with Crippen LogP contribution in [-0.2, 0) is 9.47 Å². The third-order valence-electron chi connectivity index (χ3n) is 1.90. The van der Waals surface area contributed by atoms with Gasteiger partial charge < -0.3 is 19.5 Å². The van der Waals surface area contributed by atoms with Crippen LogP contribution in [0.2, 0.25) is 0 Å². The first kappa shape index (κ1) is 11.6. The summed E-state index contributed by atoms with van der Waals surface area (Å²) in [6.07, 6.45) is 3.06. The molecule has 0 aliphatic carbocycles. The van der Waals surface area contributed by atoms with Gasteiger partial charge in [-0.15, -0.1) is 0 Å². The van der Waals surface area contributed by atoms with E-state index < -0.39 is 7.12 Å². The topological polar surface area (TPSA) is 58.9 Å². The molecule has 5 heteroatoms. The van der Waals surface area contributed by atoms with E-state index in [1.54, 1.807) is 31.6 Å². The van der Waals surface area contributed by atoms with Crippen molar-refractivity contribution in [2.24, 2.45) is 0 Å². The maximum absolute atomic E-state index is 9.00. The molecular weight excluding hydrogens is 195 g/mol. The minimum Gasteiger partial charge on any atom is -0.504 e. The summed E-state index contributed by atoms with van der Waals surface area (Å²) in [6.45, 7) is 0. The second kappa shape index (κ2) is 5.43. The molecule has 2 N–H and O–H groups in total. The molecule has 0 heterocycles. The van der Waals surface area contributed by atoms with Gasteiger partial charge in [0.15, 0.2) is 0 Å². The van der Waals surface area contributed by atoms with Gasteiger partial charge in [0.2, 0.25) is 0 Å². The summed E-state index contributed by atoms with van der Waals surface area (Å²) < 4.78 is 9.78. The van der Waals surface area contributed by atoms with Crippen LogP contribution in [0.1, 0.15) is 0 Å². The summed E-state index contributed by atoms with van der Waals surface area (Å²) in [5.41, 5.74) is 0.409. The van der Waals surface area contributed by atoms with Gasteiger partial charge in [-0.2, -0.15) is 0 Å². The molecule has 0 atom stereocenters. The molecule has 1 aromatic carbocycles. The number of methoxy groups -OCH3 is 2. The molecule has 1 aromatic rings. The number of ether oxygens (including phenoxy) is 2. The minimum absolute atomic E-state index is 0.409. The van der Waals surface area contributed by atoms with E-state index in [0.29, 0.717) is 5.46 Å². The predicted octanol–water partition coefficient (Wildman–Crippen LogP) is -1.86. The Morgan fingerprint density at radius 2 is 1.67 bits per heavy atom. The normalized spacial score (nSPS) is 12.8. The molecule has 0 amide bonds. The average Bonchev–Trinajstić information content (AvgIpc) is 2.21. The Balaban J connectivity index is 3.34. The first-order valence-electron chi connectivity index (χ1n) is 4.41. The summed E-state index contributed by atoms with van der Waals surface area (Å²) in [4.78, 5) is 0. The molecule has 0 fully saturated rings. The van der Waals surface area contributed by atoms with Crippen molar-refractivity contribution in [3.8, 4) is 0 Å². The van der Waals surface area contributed by atoms with E-state index in [1.165, 1.54) is 13.4 Å². The fourth-order valence-electron chi connectivity index (χ4n) is 1.22. The molecule has 0 bridgehead atoms. The molecule has 4 nitrogen and oxygen atoms in total. The number of rotatable bonds is 3. The summed E-state index contributed by atoms with van der Waals surface area (Å²) in [7, 11) is 1.59. The second-order valence-electron chi connectivity index (χ2n) is 2.97. The Labute approximate surface area is 88.2 Å². The van der Waals surface area contributed by atoms with E-state index in [9.17, 15) is 0 Å². The summed E-state index contributed by atoms with van der Waals surface area (Å²) in [5, 5.41) is 19.5. The van der Waals surface area contributed by atoms with Crippen molar-refractivity contribution in [1.82, 2.24) is 0 Å². The zero-order valence-electron chi connectivity index (χ0n) is 8.68. The smallest absolute Gasteiger partial charge is 0.488 e. The molecule has 0 aromatic heterocycles. The monoisotopic (exact) mass is 208 g/mol. The largest absolute Gasteiger partial charge is 0.504 e. The van der Waals surface area contributed by atoms with Crippen LogP contribution >= 0.6 is 0 Å². The fraction of sp³-hybridized carbons (Fsp3) is 0.200. The molecular formula is C10H13BO4. The van der Waals surface area contributed by atoms with Crippen LogP contribution in [0.15, 0.2) is 18.2 Å². The zero-order chi connectivity index (χ0) is 11.3. The second-order valence-corrected chi connectivity index (χ2v) is 2.97. The Bertz CT molecular complexity index is 428. The Kier molecular flexibility index (Phi) is 4.21. The van der Waals surface area contributed by atoms with Crippen molar-refractivity contribution in [3.05, 3.63) is 28.6 Å². The minimum atomic E-state index is -1.48. The van der Waals surface area contributed by atoms with Gasteiger partial charge >= 0.3 is 7.12 Å². The van der Waals surface area contributed by atoms with Crippen molar-refractivity contribution in [3.63, 3.8) is 0 Å². The first-order valence-corrected chi connectivity index (χ1v) is 4.41. The average molecular weight is 208 g/mol. The summed E-state index contributed by atoms with van der Waals surface area (Å²) in [6, 6.07) is 4.96. The molecule has 0 saturated heterocycles. The first-order chi connectivity index (χ1) is 7.19. The molecule has 15 heavy (non-hydrogen) atoms. The Hall–Kier alpha value is -1.46. The SMILES string of the molecule is COC=c1ccc(B(O)O)cc1=COC. The zero-order valence-corrected chi connectivity index (χ0v) is 8.68. The van der Waals surface area contributed by atoms with Crippen LogP contribution in [0.5, 0.6) is 0 Å². The van der Waals surface area contributed by atoms with Gasteiger partial charge in [0, 0.05) is 10.4 Å². The van der Waals surface area contributed by atoms with Gasteiger partial charge in [-0.25, -0.2) is 0 Å². The lowest BCUT2D eigenvalue weighted by molar-refractivity contribution is 0.386. The van der Waals surface area contributed by atoms with Gasteiger partial charge in [-0.1, -0.05) is 18.2 Å². The number of hydrogen-bond donors (Lipinski definition) is 2. The van der Waals surface area contributed by atoms with E-state index >= 15 is 0 Å². The molecule has 0 saturated carbocycles. The molecule has 0 unspecified atom stereocenters. The third-order valence-corrected chi connectivity index (χ3v) is 1.90. The lowest BCUT2D eigenvalue weighted by atomic mass is 9.80. The van der Waals surface area contributed by atoms with E-state index in [2.05, 4.69) is 0 Å². The summed E-state index contributed by atoms with van der Waals surface area (Å²) >= 11 is 0. The van der Waals surface area contributed by atoms with Crippen LogP contribution in [0.3, 0.4) is 0 Å². The number of benzene rings is 1. The van der Waals surface area contributed by atoms with E-state index in [-0.39, 0.29) is 0 Å². The van der Waals surface area contributed by atoms with Crippen LogP contribution in [0.4, 0.5) is 0 Å². The fourth-order valence-corrected chi connectivity index (χ4v) is 1.22. The van der Waals surface area contributed by atoms with Gasteiger partial charge in [0.25, 0.3) is 0 Å². The highest BCUT2D eigenvalue weighted by molar-refractivity contribution is 6.58. The number of hydrogen-bond acceptors (Lipinski definition) is 4. The highest BCUT2D eigenvalue weighted by atomic mass is 16.5. The van der Waals surface area contributed by atoms with Gasteiger partial charge in [-0.05, 0) is 5.46 Å². The van der Waals surface area contributed by atoms with Gasteiger partial charge in [-0.3, -0.25) is 0 Å². The van der Waals surface area contributed by atoms with Crippen LogP contribution in [0.25, 0.3) is 12.5 Å². The summed E-state index contributed by atoms with van der Waals surface area (Å²) in [5.74, 6) is 0. The Morgan fingerprint density at radius 1 is 1.07 bits per heavy atom. The van der Waals surface area contributed by atoms with Crippen LogP contribution in [-0.4, -0.2) is 31.4 Å². The lowest BCUT2D eigenvalue weighted by Gasteiger charge is -1.99. The maximum Gasteiger partial charge on any atom is 0.488 e. The molecule has 0 aliphatic rings. The Morgan fingerprint density at radius 3 is 2.20 bits per heavy atom. The molecule has 0 radical (unpaired) electrons. The van der Waals surface area contributed by atoms with Crippen LogP contribution < -0.4 is 15.9 Å². The van der Waals surface area contributed by atoms with Crippen molar-refractivity contribution in [1.29, 1.82) is 0 Å². The van der Waals surface area contributed by atoms with E-state index in [1.807, 2.05) is 0 Å². The molecule has 80 valence electrons. The van der Waals surface area contributed by atoms with E-state index in [4.69, 9.17) is 19.5 Å². The van der Waals surface area contributed by atoms with Gasteiger partial charge in [0.1, 0.15) is 0 Å². The third kappa shape index (κ3) is 3.01. The van der Waals surface area contributed by atoms with Crippen molar-refractivity contribution >= 4 is 25.1 Å². The van der Waals surface area contributed by atoms with Crippen LogP contribution in [0, 0.1) is 0 Å². The van der Waals surface area contributed by atoms with E-state index in [0.717, 1.165) is 10.4 Å². The molecule has 1 rings (SSSR count). The standard InChI is InChI=1S/C10H13BO4/c1-14-6-8-3-4-10(11(12)13)5-9(8)7-15-2/h3-7,12-13H,1-2H3. The predicted molar refractivity (Wildman–Crippen MR) is 58.5 cm³/mol. The quantitative estimate of drug-likeness (QED) is 0.571. The van der Waals surface area contributed by atoms with Crippen molar-refractivity contribution in [2.45, 2.75) is 0 Å². The van der Waals surface area contributed by atoms with Gasteiger partial charge in [0.05, 0.1) is 26.7 Å². The highest BCUT2D eigenvalue weighted by Crippen LogP contribution is 1.76. The van der Waals surface area contributed by atoms with Crippen molar-refractivity contribution in [2.75, 3.05) is 14.2 Å². The van der Waals surface area contributed by atoms with Crippen molar-refractivity contribution < 1.29 is 19.5 Å². The lowest BCUT2D eigenvalue weighted by Crippen LogP contribution is -2.37. The molecule has 0 spiro atoms. The molecule has 0 aliphatic heterocycles. The maximum atomic E-state index is 9.00. The highest BCUT2D eigenvalue weighted by Gasteiger charge is 2.09.